The Labute approximate surface area is 351 Å². The number of carbonyl (C=O) groups is 6. The number of anilines is 4. The SMILES string of the molecule is CN1CCN([C@@H]2CCCN(c3nnc(C(N)=O)c(Nc4ccc(C5CCN(C[C@H]6CCN(c7cc8c(cc7F)C(=O)N(C7CCC(=O)NC7=O)C8=O)C6)CC5)cc4)n3)C2)C1=O. The van der Waals surface area contributed by atoms with E-state index in [2.05, 4.69) is 37.9 Å². The van der Waals surface area contributed by atoms with Crippen molar-refractivity contribution in [2.45, 2.75) is 62.9 Å². The molecule has 0 radical (unpaired) electrons. The first kappa shape index (κ1) is 40.2. The van der Waals surface area contributed by atoms with Crippen molar-refractivity contribution in [2.24, 2.45) is 11.7 Å². The van der Waals surface area contributed by atoms with Crippen molar-refractivity contribution in [3.8, 4) is 0 Å². The van der Waals surface area contributed by atoms with Crippen molar-refractivity contribution in [1.82, 2.24) is 40.1 Å². The smallest absolute Gasteiger partial charge is 0.320 e. The molecule has 18 nitrogen and oxygen atoms in total. The highest BCUT2D eigenvalue weighted by molar-refractivity contribution is 6.23. The predicted molar refractivity (Wildman–Crippen MR) is 220 cm³/mol. The lowest BCUT2D eigenvalue weighted by Crippen LogP contribution is -2.54. The number of carbonyl (C=O) groups excluding carboxylic acids is 6. The predicted octanol–water partition coefficient (Wildman–Crippen LogP) is 2.30. The van der Waals surface area contributed by atoms with Gasteiger partial charge in [0.25, 0.3) is 17.7 Å². The van der Waals surface area contributed by atoms with Crippen LogP contribution >= 0.6 is 0 Å². The second-order valence-corrected chi connectivity index (χ2v) is 17.0. The summed E-state index contributed by atoms with van der Waals surface area (Å²) in [6, 6.07) is 9.59. The van der Waals surface area contributed by atoms with Crippen molar-refractivity contribution >= 4 is 58.7 Å². The molecule has 7 heterocycles. The van der Waals surface area contributed by atoms with E-state index in [-0.39, 0.29) is 53.2 Å². The Balaban J connectivity index is 0.780. The highest BCUT2D eigenvalue weighted by Gasteiger charge is 2.46. The molecule has 6 aliphatic heterocycles. The van der Waals surface area contributed by atoms with E-state index in [9.17, 15) is 28.8 Å². The molecule has 61 heavy (non-hydrogen) atoms. The molecular formula is C42H49FN12O6. The second kappa shape index (κ2) is 16.3. The number of rotatable bonds is 10. The fraction of sp³-hybridized carbons (Fsp3) is 0.500. The van der Waals surface area contributed by atoms with Gasteiger partial charge in [0.05, 0.1) is 22.9 Å². The zero-order chi connectivity index (χ0) is 42.5. The van der Waals surface area contributed by atoms with E-state index in [1.807, 2.05) is 33.9 Å². The van der Waals surface area contributed by atoms with Crippen LogP contribution in [0.25, 0.3) is 0 Å². The first-order valence-corrected chi connectivity index (χ1v) is 21.1. The molecule has 0 spiro atoms. The number of imide groups is 2. The molecule has 3 atom stereocenters. The van der Waals surface area contributed by atoms with E-state index < -0.39 is 41.4 Å². The lowest BCUT2D eigenvalue weighted by atomic mass is 9.89. The molecule has 6 aliphatic rings. The maximum absolute atomic E-state index is 15.5. The maximum atomic E-state index is 15.5. The highest BCUT2D eigenvalue weighted by Crippen LogP contribution is 2.36. The molecular weight excluding hydrogens is 788 g/mol. The molecule has 1 unspecified atom stereocenters. The minimum absolute atomic E-state index is 0.0123. The third-order valence-corrected chi connectivity index (χ3v) is 13.2. The molecule has 2 aromatic carbocycles. The molecule has 0 bridgehead atoms. The topological polar surface area (TPSA) is 211 Å². The van der Waals surface area contributed by atoms with Crippen LogP contribution in [0.3, 0.4) is 0 Å². The van der Waals surface area contributed by atoms with Crippen molar-refractivity contribution in [1.29, 1.82) is 0 Å². The summed E-state index contributed by atoms with van der Waals surface area (Å²) in [5.41, 5.74) is 7.83. The summed E-state index contributed by atoms with van der Waals surface area (Å²) >= 11 is 0. The van der Waals surface area contributed by atoms with E-state index in [1.54, 1.807) is 4.90 Å². The fourth-order valence-corrected chi connectivity index (χ4v) is 9.81. The Hall–Kier alpha value is -6.24. The van der Waals surface area contributed by atoms with Gasteiger partial charge in [-0.1, -0.05) is 12.1 Å². The number of fused-ring (bicyclic) bond motifs is 1. The number of likely N-dealkylation sites (N-methyl/N-ethyl adjacent to an activating group) is 1. The third-order valence-electron chi connectivity index (χ3n) is 13.2. The number of hydrogen-bond donors (Lipinski definition) is 3. The van der Waals surface area contributed by atoms with Crippen LogP contribution in [0.2, 0.25) is 0 Å². The Kier molecular flexibility index (Phi) is 10.7. The summed E-state index contributed by atoms with van der Waals surface area (Å²) in [7, 11) is 1.81. The number of nitrogens with one attached hydrogen (secondary N) is 2. The number of benzene rings is 2. The van der Waals surface area contributed by atoms with Crippen LogP contribution in [0.1, 0.15) is 87.6 Å². The molecule has 0 saturated carbocycles. The van der Waals surface area contributed by atoms with Gasteiger partial charge in [-0.15, -0.1) is 10.2 Å². The molecule has 19 heteroatoms. The van der Waals surface area contributed by atoms with Gasteiger partial charge in [-0.25, -0.2) is 9.18 Å². The number of likely N-dealkylation sites (tertiary alicyclic amines) is 1. The summed E-state index contributed by atoms with van der Waals surface area (Å²) in [6.07, 6.45) is 4.62. The van der Waals surface area contributed by atoms with Crippen LogP contribution in [0.5, 0.6) is 0 Å². The van der Waals surface area contributed by atoms with E-state index >= 15 is 4.39 Å². The van der Waals surface area contributed by atoms with Gasteiger partial charge in [-0.05, 0) is 93.3 Å². The van der Waals surface area contributed by atoms with Gasteiger partial charge >= 0.3 is 6.03 Å². The average molecular weight is 837 g/mol. The first-order chi connectivity index (χ1) is 29.4. The van der Waals surface area contributed by atoms with Crippen LogP contribution in [0.15, 0.2) is 36.4 Å². The van der Waals surface area contributed by atoms with Crippen molar-refractivity contribution in [3.63, 3.8) is 0 Å². The van der Waals surface area contributed by atoms with E-state index in [0.717, 1.165) is 68.4 Å². The molecule has 7 amide bonds. The van der Waals surface area contributed by atoms with Crippen molar-refractivity contribution in [3.05, 3.63) is 64.6 Å². The molecule has 5 fully saturated rings. The Morgan fingerprint density at radius 1 is 0.869 bits per heavy atom. The molecule has 3 aromatic rings. The Morgan fingerprint density at radius 2 is 1.62 bits per heavy atom. The molecule has 320 valence electrons. The van der Waals surface area contributed by atoms with Crippen LogP contribution in [0.4, 0.5) is 32.3 Å². The highest BCUT2D eigenvalue weighted by atomic mass is 19.1. The zero-order valence-corrected chi connectivity index (χ0v) is 34.0. The molecule has 9 rings (SSSR count). The minimum Gasteiger partial charge on any atom is -0.369 e. The number of hydrogen-bond acceptors (Lipinski definition) is 13. The number of amides is 7. The van der Waals surface area contributed by atoms with E-state index in [1.165, 1.54) is 11.6 Å². The fourth-order valence-electron chi connectivity index (χ4n) is 9.81. The van der Waals surface area contributed by atoms with Crippen LogP contribution in [0, 0.1) is 11.7 Å². The molecule has 0 aliphatic carbocycles. The lowest BCUT2D eigenvalue weighted by Gasteiger charge is -2.37. The Bertz CT molecular complexity index is 2290. The van der Waals surface area contributed by atoms with Gasteiger partial charge in [0.2, 0.25) is 17.8 Å². The van der Waals surface area contributed by atoms with Gasteiger partial charge < -0.3 is 35.6 Å². The summed E-state index contributed by atoms with van der Waals surface area (Å²) < 4.78 is 15.5. The molecule has 4 N–H and O–H groups in total. The minimum atomic E-state index is -1.11. The van der Waals surface area contributed by atoms with Crippen LogP contribution in [-0.4, -0.2) is 148 Å². The normalized spacial score (nSPS) is 23.9. The van der Waals surface area contributed by atoms with E-state index in [0.29, 0.717) is 57.1 Å². The summed E-state index contributed by atoms with van der Waals surface area (Å²) in [4.78, 5) is 91.2. The van der Waals surface area contributed by atoms with Crippen molar-refractivity contribution in [2.75, 3.05) is 81.1 Å². The third kappa shape index (κ3) is 7.81. The molecule has 1 aromatic heterocycles. The quantitative estimate of drug-likeness (QED) is 0.251. The number of aromatic nitrogens is 3. The van der Waals surface area contributed by atoms with E-state index in [4.69, 9.17) is 10.7 Å². The zero-order valence-electron chi connectivity index (χ0n) is 34.0. The van der Waals surface area contributed by atoms with Gasteiger partial charge in [0, 0.05) is 65.0 Å². The standard InChI is InChI=1S/C42H49FN12O6/c1-50-17-18-54(42(50)61)28-3-2-13-53(23-28)41-47-37(35(36(44)57)48-49-41)45-27-6-4-25(5-7-27)26-11-14-51(15-12-26)21-24-10-16-52(22-24)33-20-30-29(19-31(33)43)39(59)55(40(30)60)32-8-9-34(56)46-38(32)58/h4-7,19-20,24,26,28,32H,2-3,8-18,21-23H2,1H3,(H2,44,57)(H,45,47,49)(H,46,56,58)/t24-,28-,32?/m1/s1. The number of halogens is 1. The summed E-state index contributed by atoms with van der Waals surface area (Å²) in [5, 5.41) is 13.8. The van der Waals surface area contributed by atoms with Gasteiger partial charge in [-0.3, -0.25) is 34.2 Å². The largest absolute Gasteiger partial charge is 0.369 e. The second-order valence-electron chi connectivity index (χ2n) is 17.0. The number of urea groups is 1. The van der Waals surface area contributed by atoms with Crippen molar-refractivity contribution < 1.29 is 33.2 Å². The average Bonchev–Trinajstić information content (AvgIpc) is 3.92. The Morgan fingerprint density at radius 3 is 2.33 bits per heavy atom. The van der Waals surface area contributed by atoms with Gasteiger partial charge in [-0.2, -0.15) is 4.98 Å². The molecule has 5 saturated heterocycles. The number of nitrogens with two attached hydrogens (primary N) is 1. The summed E-state index contributed by atoms with van der Waals surface area (Å²) in [6.45, 7) is 6.58. The van der Waals surface area contributed by atoms with Gasteiger partial charge in [0.1, 0.15) is 11.9 Å². The number of piperidine rings is 3. The maximum Gasteiger partial charge on any atom is 0.320 e. The van der Waals surface area contributed by atoms with Crippen LogP contribution < -0.4 is 26.2 Å². The summed E-state index contributed by atoms with van der Waals surface area (Å²) in [5.74, 6) is -2.60. The number of nitrogens with zero attached hydrogens (tertiary/aromatic N) is 9. The van der Waals surface area contributed by atoms with Gasteiger partial charge in [0.15, 0.2) is 11.5 Å². The van der Waals surface area contributed by atoms with Crippen LogP contribution in [-0.2, 0) is 9.59 Å². The monoisotopic (exact) mass is 836 g/mol. The lowest BCUT2D eigenvalue weighted by molar-refractivity contribution is -0.136. The first-order valence-electron chi connectivity index (χ1n) is 21.1. The number of primary amides is 1.